The molecule has 19 heavy (non-hydrogen) atoms. The van der Waals surface area contributed by atoms with E-state index in [0.29, 0.717) is 6.10 Å². The molecular formula is C16H22N2O. The summed E-state index contributed by atoms with van der Waals surface area (Å²) in [5, 5.41) is 8.87. The van der Waals surface area contributed by atoms with Crippen LogP contribution in [-0.2, 0) is 11.3 Å². The van der Waals surface area contributed by atoms with E-state index in [0.717, 1.165) is 25.3 Å². The maximum Gasteiger partial charge on any atom is 0.0991 e. The highest BCUT2D eigenvalue weighted by molar-refractivity contribution is 5.37. The number of hydrogen-bond acceptors (Lipinski definition) is 3. The summed E-state index contributed by atoms with van der Waals surface area (Å²) in [6, 6.07) is 8.10. The lowest BCUT2D eigenvalue weighted by atomic mass is 10.0. The third-order valence-electron chi connectivity index (χ3n) is 3.70. The fourth-order valence-electron chi connectivity index (χ4n) is 2.60. The van der Waals surface area contributed by atoms with Gasteiger partial charge in [-0.05, 0) is 56.5 Å². The monoisotopic (exact) mass is 258 g/mol. The van der Waals surface area contributed by atoms with Crippen molar-refractivity contribution in [3.05, 3.63) is 34.9 Å². The van der Waals surface area contributed by atoms with Crippen LogP contribution in [0.3, 0.4) is 0 Å². The number of nitriles is 1. The van der Waals surface area contributed by atoms with Crippen molar-refractivity contribution in [1.29, 1.82) is 5.26 Å². The summed E-state index contributed by atoms with van der Waals surface area (Å²) >= 11 is 0. The average Bonchev–Trinajstić information content (AvgIpc) is 2.42. The Labute approximate surface area is 115 Å². The number of nitrogens with zero attached hydrogens (tertiary/aromatic N) is 2. The topological polar surface area (TPSA) is 36.3 Å². The van der Waals surface area contributed by atoms with Crippen molar-refractivity contribution in [2.24, 2.45) is 0 Å². The molecule has 102 valence electrons. The fourth-order valence-corrected chi connectivity index (χ4v) is 2.60. The molecule has 1 aromatic carbocycles. The zero-order valence-electron chi connectivity index (χ0n) is 11.9. The molecule has 1 heterocycles. The van der Waals surface area contributed by atoms with Gasteiger partial charge in [-0.2, -0.15) is 5.26 Å². The zero-order valence-corrected chi connectivity index (χ0v) is 11.9. The molecule has 1 aliphatic rings. The van der Waals surface area contributed by atoms with Gasteiger partial charge >= 0.3 is 0 Å². The molecule has 0 aliphatic carbocycles. The van der Waals surface area contributed by atoms with E-state index in [2.05, 4.69) is 31.0 Å². The first-order valence-corrected chi connectivity index (χ1v) is 6.99. The Kier molecular flexibility index (Phi) is 4.95. The van der Waals surface area contributed by atoms with Crippen LogP contribution in [0.5, 0.6) is 0 Å². The second kappa shape index (κ2) is 6.70. The van der Waals surface area contributed by atoms with Crippen LogP contribution in [-0.4, -0.2) is 31.2 Å². The molecule has 0 amide bonds. The van der Waals surface area contributed by atoms with E-state index in [4.69, 9.17) is 10.00 Å². The molecule has 3 nitrogen and oxygen atoms in total. The van der Waals surface area contributed by atoms with E-state index in [1.54, 1.807) is 0 Å². The number of aryl methyl sites for hydroxylation is 1. The Balaban J connectivity index is 1.91. The predicted octanol–water partition coefficient (Wildman–Crippen LogP) is 2.87. The van der Waals surface area contributed by atoms with Gasteiger partial charge in [0.15, 0.2) is 0 Å². The summed E-state index contributed by atoms with van der Waals surface area (Å²) in [6.45, 7) is 4.88. The van der Waals surface area contributed by atoms with Crippen LogP contribution in [0.1, 0.15) is 36.0 Å². The molecule has 1 saturated heterocycles. The van der Waals surface area contributed by atoms with Crippen LogP contribution >= 0.6 is 0 Å². The molecule has 0 radical (unpaired) electrons. The molecule has 1 fully saturated rings. The van der Waals surface area contributed by atoms with E-state index in [1.165, 1.54) is 30.4 Å². The van der Waals surface area contributed by atoms with Crippen molar-refractivity contribution in [3.8, 4) is 6.07 Å². The second-order valence-electron chi connectivity index (χ2n) is 5.44. The van der Waals surface area contributed by atoms with Crippen LogP contribution in [0.25, 0.3) is 0 Å². The Bertz CT molecular complexity index is 458. The standard InChI is InChI=1S/C16H22N2O/c1-13-9-14(10-17)6-7-15(13)11-18(2)12-16-5-3-4-8-19-16/h6-7,9,16H,3-5,8,11-12H2,1-2H3. The predicted molar refractivity (Wildman–Crippen MR) is 75.8 cm³/mol. The van der Waals surface area contributed by atoms with Crippen molar-refractivity contribution < 1.29 is 4.74 Å². The van der Waals surface area contributed by atoms with Crippen molar-refractivity contribution in [1.82, 2.24) is 4.90 Å². The van der Waals surface area contributed by atoms with Gasteiger partial charge in [0.1, 0.15) is 0 Å². The lowest BCUT2D eigenvalue weighted by Crippen LogP contribution is -2.33. The maximum atomic E-state index is 8.87. The molecule has 2 rings (SSSR count). The summed E-state index contributed by atoms with van der Waals surface area (Å²) < 4.78 is 5.77. The van der Waals surface area contributed by atoms with Gasteiger partial charge in [-0.3, -0.25) is 4.90 Å². The van der Waals surface area contributed by atoms with Crippen LogP contribution in [0.4, 0.5) is 0 Å². The summed E-state index contributed by atoms with van der Waals surface area (Å²) in [5.74, 6) is 0. The zero-order chi connectivity index (χ0) is 13.7. The minimum atomic E-state index is 0.387. The first-order valence-electron chi connectivity index (χ1n) is 6.99. The SMILES string of the molecule is Cc1cc(C#N)ccc1CN(C)CC1CCCCO1. The number of ether oxygens (including phenoxy) is 1. The molecule has 1 aromatic rings. The largest absolute Gasteiger partial charge is 0.377 e. The molecule has 3 heteroatoms. The summed E-state index contributed by atoms with van der Waals surface area (Å²) in [5.41, 5.74) is 3.22. The van der Waals surface area contributed by atoms with Crippen LogP contribution in [0.2, 0.25) is 0 Å². The van der Waals surface area contributed by atoms with Crippen LogP contribution in [0, 0.1) is 18.3 Å². The molecule has 0 saturated carbocycles. The van der Waals surface area contributed by atoms with E-state index < -0.39 is 0 Å². The number of likely N-dealkylation sites (N-methyl/N-ethyl adjacent to an activating group) is 1. The van der Waals surface area contributed by atoms with Gasteiger partial charge in [0, 0.05) is 19.7 Å². The Morgan fingerprint density at radius 1 is 1.42 bits per heavy atom. The minimum absolute atomic E-state index is 0.387. The number of rotatable bonds is 4. The van der Waals surface area contributed by atoms with Gasteiger partial charge in [-0.15, -0.1) is 0 Å². The summed E-state index contributed by atoms with van der Waals surface area (Å²) in [4.78, 5) is 2.31. The normalized spacial score (nSPS) is 19.4. The van der Waals surface area contributed by atoms with Crippen molar-refractivity contribution in [3.63, 3.8) is 0 Å². The molecule has 1 atom stereocenters. The quantitative estimate of drug-likeness (QED) is 0.833. The highest BCUT2D eigenvalue weighted by Gasteiger charge is 2.16. The molecule has 1 aliphatic heterocycles. The van der Waals surface area contributed by atoms with E-state index in [1.807, 2.05) is 12.1 Å². The maximum absolute atomic E-state index is 8.87. The van der Waals surface area contributed by atoms with Crippen LogP contribution in [0.15, 0.2) is 18.2 Å². The van der Waals surface area contributed by atoms with Gasteiger partial charge < -0.3 is 4.74 Å². The van der Waals surface area contributed by atoms with Gasteiger partial charge in [-0.1, -0.05) is 6.07 Å². The average molecular weight is 258 g/mol. The fraction of sp³-hybridized carbons (Fsp3) is 0.562. The van der Waals surface area contributed by atoms with Crippen LogP contribution < -0.4 is 0 Å². The number of benzene rings is 1. The first-order chi connectivity index (χ1) is 9.19. The molecule has 0 spiro atoms. The van der Waals surface area contributed by atoms with E-state index in [9.17, 15) is 0 Å². The Hall–Kier alpha value is -1.37. The highest BCUT2D eigenvalue weighted by Crippen LogP contribution is 2.16. The third-order valence-corrected chi connectivity index (χ3v) is 3.70. The summed E-state index contributed by atoms with van der Waals surface area (Å²) in [7, 11) is 2.13. The van der Waals surface area contributed by atoms with E-state index >= 15 is 0 Å². The third kappa shape index (κ3) is 4.05. The minimum Gasteiger partial charge on any atom is -0.377 e. The summed E-state index contributed by atoms with van der Waals surface area (Å²) in [6.07, 6.45) is 4.05. The van der Waals surface area contributed by atoms with Gasteiger partial charge in [0.2, 0.25) is 0 Å². The molecule has 0 aromatic heterocycles. The lowest BCUT2D eigenvalue weighted by Gasteiger charge is -2.27. The Morgan fingerprint density at radius 2 is 2.26 bits per heavy atom. The lowest BCUT2D eigenvalue weighted by molar-refractivity contribution is -0.00261. The van der Waals surface area contributed by atoms with Crippen molar-refractivity contribution >= 4 is 0 Å². The van der Waals surface area contributed by atoms with Crippen molar-refractivity contribution in [2.45, 2.75) is 38.8 Å². The second-order valence-corrected chi connectivity index (χ2v) is 5.44. The molecular weight excluding hydrogens is 236 g/mol. The van der Waals surface area contributed by atoms with Crippen molar-refractivity contribution in [2.75, 3.05) is 20.2 Å². The number of hydrogen-bond donors (Lipinski definition) is 0. The molecule has 0 N–H and O–H groups in total. The smallest absolute Gasteiger partial charge is 0.0991 e. The van der Waals surface area contributed by atoms with E-state index in [-0.39, 0.29) is 0 Å². The van der Waals surface area contributed by atoms with Gasteiger partial charge in [0.25, 0.3) is 0 Å². The highest BCUT2D eigenvalue weighted by atomic mass is 16.5. The van der Waals surface area contributed by atoms with Gasteiger partial charge in [-0.25, -0.2) is 0 Å². The molecule has 1 unspecified atom stereocenters. The molecule has 0 bridgehead atoms. The first kappa shape index (κ1) is 14.0. The Morgan fingerprint density at radius 3 is 2.89 bits per heavy atom. The van der Waals surface area contributed by atoms with Gasteiger partial charge in [0.05, 0.1) is 17.7 Å².